The number of anilines is 1. The fourth-order valence-corrected chi connectivity index (χ4v) is 3.37. The van der Waals surface area contributed by atoms with E-state index in [0.717, 1.165) is 0 Å². The van der Waals surface area contributed by atoms with Crippen molar-refractivity contribution in [3.05, 3.63) is 30.0 Å². The average molecular weight is 367 g/mol. The molecule has 1 amide bonds. The summed E-state index contributed by atoms with van der Waals surface area (Å²) in [5.74, 6) is 1.51. The van der Waals surface area contributed by atoms with Gasteiger partial charge in [-0.15, -0.1) is 0 Å². The Morgan fingerprint density at radius 2 is 2.04 bits per heavy atom. The first-order valence-corrected chi connectivity index (χ1v) is 8.96. The molecular formula is C15H17N3O6S. The third-order valence-corrected chi connectivity index (χ3v) is 5.01. The van der Waals surface area contributed by atoms with Gasteiger partial charge in [-0.3, -0.25) is 9.69 Å². The number of aromatic nitrogens is 1. The molecule has 10 heteroatoms. The summed E-state index contributed by atoms with van der Waals surface area (Å²) in [6, 6.07) is 5.97. The first-order chi connectivity index (χ1) is 11.9. The lowest BCUT2D eigenvalue weighted by atomic mass is 10.3. The lowest BCUT2D eigenvalue weighted by molar-refractivity contribution is -0.116. The maximum absolute atomic E-state index is 12.4. The highest BCUT2D eigenvalue weighted by Crippen LogP contribution is 2.33. The number of nitrogens with zero attached hydrogens (tertiary/aromatic N) is 2. The Labute approximate surface area is 144 Å². The number of carbonyl (C=O) groups excluding carboxylic acids is 1. The van der Waals surface area contributed by atoms with E-state index in [0.29, 0.717) is 23.1 Å². The summed E-state index contributed by atoms with van der Waals surface area (Å²) in [6.07, 6.45) is 0. The predicted molar refractivity (Wildman–Crippen MR) is 87.0 cm³/mol. The van der Waals surface area contributed by atoms with Crippen LogP contribution < -0.4 is 19.1 Å². The van der Waals surface area contributed by atoms with Crippen LogP contribution in [0.25, 0.3) is 0 Å². The third-order valence-electron chi connectivity index (χ3n) is 3.55. The standard InChI is InChI=1S/C15H17N3O6S/c1-10-7-15(17-24-10)18(11(2)19)6-5-16-25(20,21)12-3-4-13-14(8-12)23-9-22-13/h3-4,7-8,16H,5-6,9H2,1-2H3. The Morgan fingerprint density at radius 1 is 1.28 bits per heavy atom. The zero-order valence-corrected chi connectivity index (χ0v) is 14.5. The van der Waals surface area contributed by atoms with E-state index in [2.05, 4.69) is 9.88 Å². The molecule has 1 aliphatic heterocycles. The number of rotatable bonds is 6. The molecule has 1 N–H and O–H groups in total. The number of amides is 1. The Kier molecular flexibility index (Phi) is 4.64. The van der Waals surface area contributed by atoms with Crippen molar-refractivity contribution >= 4 is 21.7 Å². The summed E-state index contributed by atoms with van der Waals surface area (Å²) in [4.78, 5) is 13.1. The number of carbonyl (C=O) groups is 1. The number of sulfonamides is 1. The van der Waals surface area contributed by atoms with Gasteiger partial charge in [0.2, 0.25) is 22.7 Å². The zero-order valence-electron chi connectivity index (χ0n) is 13.7. The second-order valence-electron chi connectivity index (χ2n) is 5.38. The van der Waals surface area contributed by atoms with Crippen LogP contribution in [0, 0.1) is 6.92 Å². The fraction of sp³-hybridized carbons (Fsp3) is 0.333. The number of ether oxygens (including phenoxy) is 2. The van der Waals surface area contributed by atoms with Gasteiger partial charge in [-0.1, -0.05) is 5.16 Å². The number of hydrogen-bond acceptors (Lipinski definition) is 7. The number of hydrogen-bond donors (Lipinski definition) is 1. The van der Waals surface area contributed by atoms with Gasteiger partial charge in [0.15, 0.2) is 17.3 Å². The quantitative estimate of drug-likeness (QED) is 0.812. The molecule has 0 saturated heterocycles. The van der Waals surface area contributed by atoms with Gasteiger partial charge in [-0.25, -0.2) is 13.1 Å². The minimum absolute atomic E-state index is 0.0161. The molecule has 1 aliphatic rings. The molecule has 0 spiro atoms. The summed E-state index contributed by atoms with van der Waals surface area (Å²) in [5.41, 5.74) is 0. The molecule has 25 heavy (non-hydrogen) atoms. The predicted octanol–water partition coefficient (Wildman–Crippen LogP) is 1.04. The highest BCUT2D eigenvalue weighted by atomic mass is 32.2. The van der Waals surface area contributed by atoms with Crippen molar-refractivity contribution < 1.29 is 27.2 Å². The van der Waals surface area contributed by atoms with Crippen molar-refractivity contribution in [3.63, 3.8) is 0 Å². The van der Waals surface area contributed by atoms with E-state index >= 15 is 0 Å². The molecule has 0 unspecified atom stereocenters. The van der Waals surface area contributed by atoms with Crippen molar-refractivity contribution in [2.75, 3.05) is 24.8 Å². The highest BCUT2D eigenvalue weighted by Gasteiger charge is 2.21. The van der Waals surface area contributed by atoms with Gasteiger partial charge >= 0.3 is 0 Å². The molecule has 1 aromatic carbocycles. The molecular weight excluding hydrogens is 350 g/mol. The van der Waals surface area contributed by atoms with Crippen LogP contribution in [-0.4, -0.2) is 39.4 Å². The first kappa shape index (κ1) is 17.2. The van der Waals surface area contributed by atoms with Crippen LogP contribution >= 0.6 is 0 Å². The lowest BCUT2D eigenvalue weighted by Gasteiger charge is -2.17. The molecule has 0 saturated carbocycles. The van der Waals surface area contributed by atoms with Crippen molar-refractivity contribution in [1.82, 2.24) is 9.88 Å². The van der Waals surface area contributed by atoms with Crippen molar-refractivity contribution in [2.45, 2.75) is 18.7 Å². The minimum atomic E-state index is -3.75. The topological polar surface area (TPSA) is 111 Å². The van der Waals surface area contributed by atoms with Crippen LogP contribution in [-0.2, 0) is 14.8 Å². The number of aryl methyl sites for hydroxylation is 1. The van der Waals surface area contributed by atoms with Gasteiger partial charge in [0, 0.05) is 32.1 Å². The molecule has 9 nitrogen and oxygen atoms in total. The van der Waals surface area contributed by atoms with E-state index in [1.54, 1.807) is 13.0 Å². The monoisotopic (exact) mass is 367 g/mol. The van der Waals surface area contributed by atoms with E-state index in [1.807, 2.05) is 0 Å². The highest BCUT2D eigenvalue weighted by molar-refractivity contribution is 7.89. The first-order valence-electron chi connectivity index (χ1n) is 7.47. The lowest BCUT2D eigenvalue weighted by Crippen LogP contribution is -2.37. The molecule has 0 fully saturated rings. The zero-order chi connectivity index (χ0) is 18.0. The maximum Gasteiger partial charge on any atom is 0.240 e. The van der Waals surface area contributed by atoms with E-state index in [1.165, 1.54) is 30.0 Å². The van der Waals surface area contributed by atoms with Crippen LogP contribution in [0.1, 0.15) is 12.7 Å². The van der Waals surface area contributed by atoms with Crippen molar-refractivity contribution in [3.8, 4) is 11.5 Å². The molecule has 0 atom stereocenters. The smallest absolute Gasteiger partial charge is 0.240 e. The molecule has 2 heterocycles. The number of benzene rings is 1. The Hall–Kier alpha value is -2.59. The molecule has 1 aromatic heterocycles. The van der Waals surface area contributed by atoms with Crippen LogP contribution in [0.3, 0.4) is 0 Å². The second-order valence-corrected chi connectivity index (χ2v) is 7.15. The normalized spacial score (nSPS) is 13.0. The molecule has 0 bridgehead atoms. The van der Waals surface area contributed by atoms with Gasteiger partial charge < -0.3 is 14.0 Å². The van der Waals surface area contributed by atoms with Crippen LogP contribution in [0.2, 0.25) is 0 Å². The Balaban J connectivity index is 1.66. The summed E-state index contributed by atoms with van der Waals surface area (Å²) in [5, 5.41) is 3.77. The molecule has 3 rings (SSSR count). The molecule has 134 valence electrons. The summed E-state index contributed by atoms with van der Waals surface area (Å²) in [6.45, 7) is 3.28. The van der Waals surface area contributed by atoms with Crippen molar-refractivity contribution in [1.29, 1.82) is 0 Å². The number of fused-ring (bicyclic) bond motifs is 1. The van der Waals surface area contributed by atoms with Gasteiger partial charge in [0.25, 0.3) is 0 Å². The molecule has 2 aromatic rings. The third kappa shape index (κ3) is 3.74. The molecule has 0 aliphatic carbocycles. The summed E-state index contributed by atoms with van der Waals surface area (Å²) in [7, 11) is -3.75. The molecule has 0 radical (unpaired) electrons. The summed E-state index contributed by atoms with van der Waals surface area (Å²) < 4.78 is 42.5. The minimum Gasteiger partial charge on any atom is -0.454 e. The van der Waals surface area contributed by atoms with Gasteiger partial charge in [0.1, 0.15) is 5.76 Å². The van der Waals surface area contributed by atoms with E-state index < -0.39 is 10.0 Å². The maximum atomic E-state index is 12.4. The largest absolute Gasteiger partial charge is 0.454 e. The van der Waals surface area contributed by atoms with Gasteiger partial charge in [-0.05, 0) is 19.1 Å². The van der Waals surface area contributed by atoms with Crippen LogP contribution in [0.4, 0.5) is 5.82 Å². The van der Waals surface area contributed by atoms with E-state index in [4.69, 9.17) is 14.0 Å². The van der Waals surface area contributed by atoms with Crippen LogP contribution in [0.15, 0.2) is 33.7 Å². The Bertz CT molecular complexity index is 892. The fourth-order valence-electron chi connectivity index (χ4n) is 2.33. The Morgan fingerprint density at radius 3 is 2.72 bits per heavy atom. The average Bonchev–Trinajstić information content (AvgIpc) is 3.19. The van der Waals surface area contributed by atoms with E-state index in [9.17, 15) is 13.2 Å². The van der Waals surface area contributed by atoms with Gasteiger partial charge in [-0.2, -0.15) is 0 Å². The number of nitrogens with one attached hydrogen (secondary N) is 1. The van der Waals surface area contributed by atoms with Crippen LogP contribution in [0.5, 0.6) is 11.5 Å². The summed E-state index contributed by atoms with van der Waals surface area (Å²) >= 11 is 0. The van der Waals surface area contributed by atoms with E-state index in [-0.39, 0.29) is 30.7 Å². The van der Waals surface area contributed by atoms with Crippen molar-refractivity contribution in [2.24, 2.45) is 0 Å². The SMILES string of the molecule is CC(=O)N(CCNS(=O)(=O)c1ccc2c(c1)OCO2)c1cc(C)on1. The van der Waals surface area contributed by atoms with Gasteiger partial charge in [0.05, 0.1) is 4.90 Å². The second kappa shape index (κ2) is 6.73.